The van der Waals surface area contributed by atoms with Crippen molar-refractivity contribution in [2.75, 3.05) is 62.3 Å². The second-order valence-corrected chi connectivity index (χ2v) is 20.3. The fourth-order valence-electron chi connectivity index (χ4n) is 7.54. The van der Waals surface area contributed by atoms with Crippen LogP contribution in [-0.2, 0) is 30.2 Å². The van der Waals surface area contributed by atoms with E-state index >= 15 is 0 Å². The third kappa shape index (κ3) is 35.3. The first-order valence-electron chi connectivity index (χ1n) is 28.9. The number of hydrogen-bond donors (Lipinski definition) is 5. The lowest BCUT2D eigenvalue weighted by molar-refractivity contribution is -0.118. The van der Waals surface area contributed by atoms with Gasteiger partial charge in [-0.15, -0.1) is 6.42 Å². The van der Waals surface area contributed by atoms with Gasteiger partial charge < -0.3 is 35.6 Å². The summed E-state index contributed by atoms with van der Waals surface area (Å²) in [5, 5.41) is 70.3. The van der Waals surface area contributed by atoms with E-state index in [-0.39, 0.29) is 52.0 Å². The number of anilines is 2. The van der Waals surface area contributed by atoms with Gasteiger partial charge in [0.2, 0.25) is 6.08 Å². The Bertz CT molecular complexity index is 4020. The average molecular weight is 1290 g/mol. The van der Waals surface area contributed by atoms with Crippen molar-refractivity contribution in [3.63, 3.8) is 0 Å². The van der Waals surface area contributed by atoms with Crippen LogP contribution in [0, 0.1) is 150 Å². The van der Waals surface area contributed by atoms with Crippen LogP contribution in [0.25, 0.3) is 23.3 Å². The summed E-state index contributed by atoms with van der Waals surface area (Å²) in [6.07, 6.45) is 10.1. The summed E-state index contributed by atoms with van der Waals surface area (Å²) >= 11 is 0. The highest BCUT2D eigenvalue weighted by molar-refractivity contribution is 6.02. The number of carbonyl (C=O) groups excluding carboxylic acids is 4. The summed E-state index contributed by atoms with van der Waals surface area (Å²) in [4.78, 5) is 62.1. The van der Waals surface area contributed by atoms with Crippen molar-refractivity contribution < 1.29 is 36.2 Å². The number of nitroso groups, excluding NO2 is 1. The maximum atomic E-state index is 12.5. The minimum atomic E-state index is -0.694. The first-order valence-corrected chi connectivity index (χ1v) is 28.9. The monoisotopic (exact) mass is 1290 g/mol. The number of carbonyl (C=O) groups is 3. The van der Waals surface area contributed by atoms with Gasteiger partial charge in [0.1, 0.15) is 29.9 Å². The molecule has 0 spiro atoms. The normalized spacial score (nSPS) is 9.39. The van der Waals surface area contributed by atoms with E-state index in [1.807, 2.05) is 136 Å². The number of isocyanates is 1. The number of ether oxygens (including phenoxy) is 1. The summed E-state index contributed by atoms with van der Waals surface area (Å²) in [7, 11) is 0. The molecule has 20 heteroatoms. The Balaban J connectivity index is -0.000000249. The molecule has 4 aromatic rings. The van der Waals surface area contributed by atoms with E-state index in [0.717, 1.165) is 44.8 Å². The van der Waals surface area contributed by atoms with Crippen LogP contribution in [0.15, 0.2) is 126 Å². The molecular weight excluding hydrogens is 1210 g/mol. The van der Waals surface area contributed by atoms with Gasteiger partial charge in [0, 0.05) is 51.2 Å². The lowest BCUT2D eigenvalue weighted by atomic mass is 9.92. The number of hydrogen-bond acceptors (Lipinski definition) is 17. The number of allylic oxidation sites excluding steroid dienone is 2. The van der Waals surface area contributed by atoms with E-state index in [2.05, 4.69) is 129 Å². The number of aliphatic imine (C=N–C) groups is 1. The van der Waals surface area contributed by atoms with Crippen molar-refractivity contribution in [3.05, 3.63) is 160 Å². The van der Waals surface area contributed by atoms with Crippen LogP contribution in [0.4, 0.5) is 16.2 Å². The molecule has 20 nitrogen and oxygen atoms in total. The van der Waals surface area contributed by atoms with Gasteiger partial charge >= 0.3 is 6.09 Å². The quantitative estimate of drug-likeness (QED) is 0.00783. The predicted molar refractivity (Wildman–Crippen MR) is 386 cm³/mol. The maximum absolute atomic E-state index is 12.5. The van der Waals surface area contributed by atoms with Crippen molar-refractivity contribution >= 4 is 58.7 Å². The Morgan fingerprint density at radius 1 is 0.625 bits per heavy atom. The number of rotatable bonds is 25. The second kappa shape index (κ2) is 50.6. The number of terminal acetylenes is 1. The van der Waals surface area contributed by atoms with Crippen LogP contribution >= 0.6 is 0 Å². The second-order valence-electron chi connectivity index (χ2n) is 20.3. The molecule has 96 heavy (non-hydrogen) atoms. The van der Waals surface area contributed by atoms with Crippen LogP contribution in [-0.4, -0.2) is 81.6 Å². The Labute approximate surface area is 573 Å². The first-order chi connectivity index (χ1) is 45.6. The number of benzene rings is 4. The van der Waals surface area contributed by atoms with Gasteiger partial charge in [-0.05, 0) is 190 Å². The number of aliphatic hydroxyl groups excluding tert-OH is 1. The van der Waals surface area contributed by atoms with Gasteiger partial charge in [0.05, 0.1) is 74.2 Å². The highest BCUT2D eigenvalue weighted by Gasteiger charge is 2.24. The Hall–Kier alpha value is -13.1. The van der Waals surface area contributed by atoms with Gasteiger partial charge in [0.25, 0.3) is 11.8 Å². The zero-order valence-electron chi connectivity index (χ0n) is 54.3. The molecule has 0 saturated carbocycles. The topological polar surface area (TPSA) is 336 Å². The lowest BCUT2D eigenvalue weighted by Gasteiger charge is -2.27. The fourth-order valence-corrected chi connectivity index (χ4v) is 7.54. The zero-order valence-corrected chi connectivity index (χ0v) is 54.3. The van der Waals surface area contributed by atoms with Crippen LogP contribution in [0.5, 0.6) is 0 Å². The molecule has 0 unspecified atom stereocenters. The molecule has 5 N–H and O–H groups in total. The summed E-state index contributed by atoms with van der Waals surface area (Å²) in [6.45, 7) is 22.8. The van der Waals surface area contributed by atoms with Gasteiger partial charge in [-0.1, -0.05) is 104 Å². The smallest absolute Gasteiger partial charge is 0.407 e. The molecule has 0 aromatic heterocycles. The highest BCUT2D eigenvalue weighted by Crippen LogP contribution is 2.27. The largest absolute Gasteiger partial charge is 0.448 e. The molecule has 0 bridgehead atoms. The summed E-state index contributed by atoms with van der Waals surface area (Å²) in [5.41, 5.74) is 12.0. The van der Waals surface area contributed by atoms with Crippen molar-refractivity contribution in [3.8, 4) is 108 Å². The molecule has 0 heterocycles. The molecule has 0 radical (unpaired) electrons. The molecule has 0 aliphatic rings. The van der Waals surface area contributed by atoms with Crippen LogP contribution in [0.1, 0.15) is 122 Å². The number of nitrogens with zero attached hydrogens (tertiary/aromatic N) is 9. The van der Waals surface area contributed by atoms with Crippen LogP contribution in [0.2, 0.25) is 0 Å². The minimum Gasteiger partial charge on any atom is -0.448 e. The Morgan fingerprint density at radius 3 is 1.38 bits per heavy atom. The molecule has 0 saturated heterocycles. The molecule has 4 aromatic carbocycles. The van der Waals surface area contributed by atoms with Crippen molar-refractivity contribution in [2.24, 2.45) is 4.99 Å². The third-order valence-electron chi connectivity index (χ3n) is 12.4. The fraction of sp³-hybridized carbons (Fsp3) is 0.289. The number of amides is 3. The lowest BCUT2D eigenvalue weighted by Crippen LogP contribution is -2.42. The number of nitrogens with one attached hydrogen (secondary N) is 4. The van der Waals surface area contributed by atoms with E-state index in [9.17, 15) is 24.4 Å². The van der Waals surface area contributed by atoms with E-state index in [1.165, 1.54) is 12.2 Å². The number of nitriles is 6. The third-order valence-corrected chi connectivity index (χ3v) is 12.4. The highest BCUT2D eigenvalue weighted by atomic mass is 16.5. The van der Waals surface area contributed by atoms with Gasteiger partial charge in [-0.3, -0.25) is 9.59 Å². The van der Waals surface area contributed by atoms with E-state index in [1.54, 1.807) is 37.3 Å². The maximum Gasteiger partial charge on any atom is 0.407 e. The molecule has 3 amide bonds. The number of aliphatic hydroxyl groups is 1. The van der Waals surface area contributed by atoms with Crippen LogP contribution in [0.3, 0.4) is 0 Å². The standard InChI is InChI=1S/C31H34N6O3.C18H19N5O2.C13H15NO.C13H4.CH4.HNO.5H2/c1-23(2)25-8-5-9-27(21-25)31(3,4)36-30(39)40-19-16-35-29(38)26(22-34)20-24-10-12-28(13-11-24)37(17-6-14-32)18-7-15-33;19-7-1-10-23(11-2-8-20)17-5-3-15(4-6-17)13-16(14-21)18(25)22-9-12-24;1-10(2)11-6-5-7-12(8-11)13(3,4)14-9-15;1-3-5-7-9-11-13-12-10-8-6-4-2;;1-2;;;;;/h5,8-13,20-21H,1,6-7,16-19H2,2-4H3,(H,35,38)(H,36,39);3-6,13,24H,1-2,9-12H2,(H,22,25);5-8H,1H2,2-4H3;1H,2H3;1H4;1H;5*1H/b26-20+;16-13+;;;;;;;;;. The Morgan fingerprint density at radius 2 is 1.01 bits per heavy atom. The molecule has 498 valence electrons. The molecule has 0 aliphatic carbocycles. The molecule has 4 rings (SSSR count). The van der Waals surface area contributed by atoms with Gasteiger partial charge in [-0.2, -0.15) is 41.5 Å². The van der Waals surface area contributed by atoms with Crippen molar-refractivity contribution in [1.82, 2.24) is 16.0 Å². The number of alkyl carbamates (subject to hydrolysis) is 1. The Kier molecular flexibility index (Phi) is 44.8. The predicted octanol–water partition coefficient (Wildman–Crippen LogP) is 12.5. The molecule has 0 atom stereocenters. The SMILES string of the molecule is C.C#CC#CC#CC#CC#CC#CC.C=C(C)c1cccc(C(C)(C)N=C=O)c1.C=C(C)c1cccc(C(C)(C)NC(=O)OCCNC(=O)/C(C#N)=C/c2ccc(N(CCC#N)CCC#N)cc2)c1.N#CCCN(CCC#N)c1ccc(/C=C(\C#N)C(=O)NCCO)cc1.N=O.[HH].[HH].[HH].[HH].[HH]. The van der Waals surface area contributed by atoms with Crippen molar-refractivity contribution in [1.29, 1.82) is 37.2 Å². The first kappa shape index (κ1) is 85.0. The van der Waals surface area contributed by atoms with E-state index in [0.29, 0.717) is 63.0 Å². The summed E-state index contributed by atoms with van der Waals surface area (Å²) in [5.74, 6) is 25.8. The summed E-state index contributed by atoms with van der Waals surface area (Å²) < 4.78 is 5.22. The molecule has 0 fully saturated rings. The van der Waals surface area contributed by atoms with E-state index < -0.39 is 29.0 Å². The average Bonchev–Trinajstić information content (AvgIpc) is 0.846. The zero-order chi connectivity index (χ0) is 71.3. The van der Waals surface area contributed by atoms with E-state index in [4.69, 9.17) is 47.5 Å². The molecule has 0 aliphatic heterocycles. The summed E-state index contributed by atoms with van der Waals surface area (Å²) in [6, 6.07) is 42.0. The van der Waals surface area contributed by atoms with Gasteiger partial charge in [-0.25, -0.2) is 9.59 Å². The minimum absolute atomic E-state index is 0. The van der Waals surface area contributed by atoms with Crippen LogP contribution < -0.4 is 25.8 Å². The van der Waals surface area contributed by atoms with Gasteiger partial charge in [0.15, 0.2) is 0 Å². The molecular formula is C76H87N13O7. The van der Waals surface area contributed by atoms with Crippen molar-refractivity contribution in [2.45, 2.75) is 92.7 Å².